The molecule has 1 amide bonds. The fraction of sp³-hybridized carbons (Fsp3) is 0.333. The molecule has 0 aromatic heterocycles. The van der Waals surface area contributed by atoms with Crippen LogP contribution in [-0.2, 0) is 15.7 Å². The van der Waals surface area contributed by atoms with E-state index in [1.54, 1.807) is 6.07 Å². The Bertz CT molecular complexity index is 572. The number of nitrogens with zero attached hydrogens (tertiary/aromatic N) is 1. The third-order valence-corrected chi connectivity index (χ3v) is 2.72. The van der Waals surface area contributed by atoms with Gasteiger partial charge in [-0.2, -0.15) is 18.4 Å². The predicted octanol–water partition coefficient (Wildman–Crippen LogP) is 2.77. The van der Waals surface area contributed by atoms with Gasteiger partial charge in [-0.25, -0.2) is 0 Å². The van der Waals surface area contributed by atoms with Crippen molar-refractivity contribution in [2.75, 3.05) is 20.3 Å². The van der Waals surface area contributed by atoms with E-state index in [1.165, 1.54) is 25.3 Å². The number of carbonyl (C=O) groups is 1. The first-order valence-electron chi connectivity index (χ1n) is 6.44. The molecule has 0 spiro atoms. The van der Waals surface area contributed by atoms with Crippen molar-refractivity contribution in [3.63, 3.8) is 0 Å². The number of halogens is 3. The van der Waals surface area contributed by atoms with E-state index in [0.717, 1.165) is 12.1 Å². The highest BCUT2D eigenvalue weighted by molar-refractivity contribution is 6.01. The third kappa shape index (κ3) is 5.58. The molecule has 0 bridgehead atoms. The maximum Gasteiger partial charge on any atom is 0.416 e. The number of methoxy groups -OCH3 is 1. The molecule has 0 radical (unpaired) electrons. The molecule has 0 fully saturated rings. The van der Waals surface area contributed by atoms with Gasteiger partial charge < -0.3 is 10.1 Å². The Hall–Kier alpha value is -2.33. The zero-order valence-electron chi connectivity index (χ0n) is 11.9. The second kappa shape index (κ2) is 8.20. The van der Waals surface area contributed by atoms with Crippen molar-refractivity contribution in [1.82, 2.24) is 5.32 Å². The minimum absolute atomic E-state index is 0.169. The lowest BCUT2D eigenvalue weighted by molar-refractivity contribution is -0.137. The summed E-state index contributed by atoms with van der Waals surface area (Å²) in [5.41, 5.74) is -0.610. The Morgan fingerprint density at radius 1 is 1.36 bits per heavy atom. The first-order valence-corrected chi connectivity index (χ1v) is 6.44. The Morgan fingerprint density at radius 3 is 2.50 bits per heavy atom. The van der Waals surface area contributed by atoms with Crippen molar-refractivity contribution in [3.05, 3.63) is 41.0 Å². The normalized spacial score (nSPS) is 11.9. The number of carbonyl (C=O) groups excluding carboxylic acids is 1. The average Bonchev–Trinajstić information content (AvgIpc) is 2.48. The van der Waals surface area contributed by atoms with E-state index < -0.39 is 17.6 Å². The topological polar surface area (TPSA) is 62.1 Å². The van der Waals surface area contributed by atoms with E-state index in [0.29, 0.717) is 25.1 Å². The minimum Gasteiger partial charge on any atom is -0.385 e. The molecule has 0 unspecified atom stereocenters. The van der Waals surface area contributed by atoms with Gasteiger partial charge in [-0.3, -0.25) is 4.79 Å². The van der Waals surface area contributed by atoms with E-state index >= 15 is 0 Å². The molecule has 0 heterocycles. The Kier molecular flexibility index (Phi) is 6.60. The van der Waals surface area contributed by atoms with Crippen LogP contribution in [0.15, 0.2) is 29.8 Å². The van der Waals surface area contributed by atoms with Gasteiger partial charge in [0.05, 0.1) is 5.56 Å². The number of benzene rings is 1. The highest BCUT2D eigenvalue weighted by Crippen LogP contribution is 2.29. The summed E-state index contributed by atoms with van der Waals surface area (Å²) in [7, 11) is 1.53. The monoisotopic (exact) mass is 312 g/mol. The van der Waals surface area contributed by atoms with Crippen LogP contribution in [0, 0.1) is 11.3 Å². The molecule has 0 aliphatic rings. The molecule has 118 valence electrons. The van der Waals surface area contributed by atoms with Crippen molar-refractivity contribution in [3.8, 4) is 6.07 Å². The van der Waals surface area contributed by atoms with Gasteiger partial charge >= 0.3 is 6.18 Å². The SMILES string of the molecule is COCCCNC(=O)/C(C#N)=C/c1ccc(C(F)(F)F)cc1. The summed E-state index contributed by atoms with van der Waals surface area (Å²) in [5.74, 6) is -0.571. The lowest BCUT2D eigenvalue weighted by Gasteiger charge is -2.06. The average molecular weight is 312 g/mol. The Balaban J connectivity index is 2.76. The quantitative estimate of drug-likeness (QED) is 0.499. The standard InChI is InChI=1S/C15H15F3N2O2/c1-22-8-2-7-20-14(21)12(10-19)9-11-3-5-13(6-4-11)15(16,17)18/h3-6,9H,2,7-8H2,1H3,(H,20,21)/b12-9+. The van der Waals surface area contributed by atoms with Crippen molar-refractivity contribution < 1.29 is 22.7 Å². The number of amides is 1. The van der Waals surface area contributed by atoms with E-state index in [2.05, 4.69) is 5.32 Å². The first-order chi connectivity index (χ1) is 10.4. The molecule has 1 aromatic rings. The van der Waals surface area contributed by atoms with Crippen LogP contribution in [0.3, 0.4) is 0 Å². The summed E-state index contributed by atoms with van der Waals surface area (Å²) in [6.07, 6.45) is -2.58. The molecule has 0 atom stereocenters. The molecule has 0 aliphatic heterocycles. The summed E-state index contributed by atoms with van der Waals surface area (Å²) in [5, 5.41) is 11.5. The molecule has 1 rings (SSSR count). The number of ether oxygens (including phenoxy) is 1. The van der Waals surface area contributed by atoms with Gasteiger partial charge in [-0.1, -0.05) is 12.1 Å². The van der Waals surface area contributed by atoms with Crippen LogP contribution in [0.5, 0.6) is 0 Å². The molecule has 22 heavy (non-hydrogen) atoms. The third-order valence-electron chi connectivity index (χ3n) is 2.72. The zero-order valence-corrected chi connectivity index (χ0v) is 11.9. The lowest BCUT2D eigenvalue weighted by atomic mass is 10.1. The molecule has 1 aromatic carbocycles. The number of alkyl halides is 3. The number of nitriles is 1. The molecule has 7 heteroatoms. The lowest BCUT2D eigenvalue weighted by Crippen LogP contribution is -2.26. The summed E-state index contributed by atoms with van der Waals surface area (Å²) in [6.45, 7) is 0.823. The predicted molar refractivity (Wildman–Crippen MR) is 74.5 cm³/mol. The van der Waals surface area contributed by atoms with E-state index in [-0.39, 0.29) is 5.57 Å². The summed E-state index contributed by atoms with van der Waals surface area (Å²) < 4.78 is 42.1. The molecular formula is C15H15F3N2O2. The van der Waals surface area contributed by atoms with Crippen LogP contribution in [-0.4, -0.2) is 26.2 Å². The van der Waals surface area contributed by atoms with E-state index in [4.69, 9.17) is 10.00 Å². The van der Waals surface area contributed by atoms with Gasteiger partial charge in [0, 0.05) is 20.3 Å². The highest BCUT2D eigenvalue weighted by atomic mass is 19.4. The molecule has 0 saturated carbocycles. The zero-order chi connectivity index (χ0) is 16.6. The highest BCUT2D eigenvalue weighted by Gasteiger charge is 2.29. The van der Waals surface area contributed by atoms with Crippen LogP contribution in [0.4, 0.5) is 13.2 Å². The molecule has 1 N–H and O–H groups in total. The first kappa shape index (κ1) is 17.7. The number of rotatable bonds is 6. The van der Waals surface area contributed by atoms with Crippen molar-refractivity contribution in [2.24, 2.45) is 0 Å². The van der Waals surface area contributed by atoms with Gasteiger partial charge in [-0.15, -0.1) is 0 Å². The summed E-state index contributed by atoms with van der Waals surface area (Å²) >= 11 is 0. The van der Waals surface area contributed by atoms with E-state index in [9.17, 15) is 18.0 Å². The maximum absolute atomic E-state index is 12.4. The smallest absolute Gasteiger partial charge is 0.385 e. The second-order valence-electron chi connectivity index (χ2n) is 4.39. The number of hydrogen-bond acceptors (Lipinski definition) is 3. The minimum atomic E-state index is -4.42. The van der Waals surface area contributed by atoms with Crippen molar-refractivity contribution in [2.45, 2.75) is 12.6 Å². The Morgan fingerprint density at radius 2 is 2.00 bits per heavy atom. The number of hydrogen-bond donors (Lipinski definition) is 1. The summed E-state index contributed by atoms with van der Waals surface area (Å²) in [4.78, 5) is 11.7. The number of nitrogens with one attached hydrogen (secondary N) is 1. The van der Waals surface area contributed by atoms with Crippen LogP contribution in [0.2, 0.25) is 0 Å². The van der Waals surface area contributed by atoms with Gasteiger partial charge in [0.15, 0.2) is 0 Å². The molecule has 0 aliphatic carbocycles. The molecule has 0 saturated heterocycles. The Labute approximate surface area is 126 Å². The van der Waals surface area contributed by atoms with Crippen molar-refractivity contribution in [1.29, 1.82) is 5.26 Å². The van der Waals surface area contributed by atoms with E-state index in [1.807, 2.05) is 0 Å². The van der Waals surface area contributed by atoms with Gasteiger partial charge in [-0.05, 0) is 30.2 Å². The van der Waals surface area contributed by atoms with Gasteiger partial charge in [0.25, 0.3) is 5.91 Å². The largest absolute Gasteiger partial charge is 0.416 e. The van der Waals surface area contributed by atoms with Gasteiger partial charge in [0.1, 0.15) is 11.6 Å². The van der Waals surface area contributed by atoms with Crippen LogP contribution >= 0.6 is 0 Å². The molecular weight excluding hydrogens is 297 g/mol. The second-order valence-corrected chi connectivity index (χ2v) is 4.39. The molecule has 4 nitrogen and oxygen atoms in total. The van der Waals surface area contributed by atoms with Crippen LogP contribution < -0.4 is 5.32 Å². The van der Waals surface area contributed by atoms with Crippen LogP contribution in [0.1, 0.15) is 17.5 Å². The van der Waals surface area contributed by atoms with Crippen LogP contribution in [0.25, 0.3) is 6.08 Å². The maximum atomic E-state index is 12.4. The summed E-state index contributed by atoms with van der Waals surface area (Å²) in [6, 6.07) is 5.95. The fourth-order valence-electron chi connectivity index (χ4n) is 1.60. The van der Waals surface area contributed by atoms with Crippen molar-refractivity contribution >= 4 is 12.0 Å². The fourth-order valence-corrected chi connectivity index (χ4v) is 1.60. The van der Waals surface area contributed by atoms with Gasteiger partial charge in [0.2, 0.25) is 0 Å².